The first kappa shape index (κ1) is 16.5. The summed E-state index contributed by atoms with van der Waals surface area (Å²) in [6, 6.07) is 7.21. The fourth-order valence-corrected chi connectivity index (χ4v) is 1.79. The smallest absolute Gasteiger partial charge is 0.260 e. The van der Waals surface area contributed by atoms with E-state index >= 15 is 0 Å². The molecule has 0 radical (unpaired) electrons. The number of unbranched alkanes of at least 4 members (excludes halogenated alkanes) is 1. The Balaban J connectivity index is 2.49. The first-order valence-corrected chi connectivity index (χ1v) is 7.30. The predicted molar refractivity (Wildman–Crippen MR) is 79.7 cm³/mol. The van der Waals surface area contributed by atoms with Gasteiger partial charge in [0.1, 0.15) is 5.75 Å². The van der Waals surface area contributed by atoms with Crippen LogP contribution in [0.25, 0.3) is 0 Å². The topological polar surface area (TPSA) is 58.6 Å². The molecule has 0 aliphatic rings. The highest BCUT2D eigenvalue weighted by atomic mass is 16.5. The first-order valence-electron chi connectivity index (χ1n) is 7.30. The van der Waals surface area contributed by atoms with Gasteiger partial charge in [-0.25, -0.2) is 0 Å². The van der Waals surface area contributed by atoms with Crippen LogP contribution in [0.1, 0.15) is 51.7 Å². The SMILES string of the molecule is CCCCNC(=O)C(C)Oc1ccc([C@@H](O)CC)cc1. The van der Waals surface area contributed by atoms with Crippen molar-refractivity contribution in [2.75, 3.05) is 6.54 Å². The van der Waals surface area contributed by atoms with Crippen molar-refractivity contribution < 1.29 is 14.6 Å². The van der Waals surface area contributed by atoms with Gasteiger partial charge in [-0.15, -0.1) is 0 Å². The number of aliphatic hydroxyl groups is 1. The van der Waals surface area contributed by atoms with Gasteiger partial charge in [0.2, 0.25) is 0 Å². The summed E-state index contributed by atoms with van der Waals surface area (Å²) >= 11 is 0. The minimum atomic E-state index is -0.520. The number of hydrogen-bond acceptors (Lipinski definition) is 3. The number of aliphatic hydroxyl groups excluding tert-OH is 1. The highest BCUT2D eigenvalue weighted by molar-refractivity contribution is 5.80. The largest absolute Gasteiger partial charge is 0.481 e. The molecule has 1 aromatic carbocycles. The van der Waals surface area contributed by atoms with E-state index in [1.54, 1.807) is 19.1 Å². The molecule has 0 spiro atoms. The van der Waals surface area contributed by atoms with E-state index in [0.717, 1.165) is 18.4 Å². The Bertz CT molecular complexity index is 403. The Morgan fingerprint density at radius 1 is 1.30 bits per heavy atom. The van der Waals surface area contributed by atoms with Crippen LogP contribution in [-0.4, -0.2) is 23.7 Å². The maximum absolute atomic E-state index is 11.8. The van der Waals surface area contributed by atoms with E-state index in [2.05, 4.69) is 12.2 Å². The minimum absolute atomic E-state index is 0.101. The Morgan fingerprint density at radius 3 is 2.50 bits per heavy atom. The van der Waals surface area contributed by atoms with Gasteiger partial charge in [-0.1, -0.05) is 32.4 Å². The summed E-state index contributed by atoms with van der Waals surface area (Å²) in [5.41, 5.74) is 0.861. The fraction of sp³-hybridized carbons (Fsp3) is 0.562. The van der Waals surface area contributed by atoms with Gasteiger partial charge >= 0.3 is 0 Å². The maximum Gasteiger partial charge on any atom is 0.260 e. The number of amides is 1. The molecule has 0 aromatic heterocycles. The minimum Gasteiger partial charge on any atom is -0.481 e. The monoisotopic (exact) mass is 279 g/mol. The summed E-state index contributed by atoms with van der Waals surface area (Å²) in [5.74, 6) is 0.534. The third-order valence-electron chi connectivity index (χ3n) is 3.16. The van der Waals surface area contributed by atoms with Crippen LogP contribution in [0.15, 0.2) is 24.3 Å². The van der Waals surface area contributed by atoms with Crippen LogP contribution in [0.2, 0.25) is 0 Å². The molecule has 1 amide bonds. The van der Waals surface area contributed by atoms with Crippen molar-refractivity contribution in [3.63, 3.8) is 0 Å². The van der Waals surface area contributed by atoms with Gasteiger partial charge in [-0.3, -0.25) is 4.79 Å². The average molecular weight is 279 g/mol. The number of hydrogen-bond donors (Lipinski definition) is 2. The standard InChI is InChI=1S/C16H25NO3/c1-4-6-11-17-16(19)12(3)20-14-9-7-13(8-10-14)15(18)5-2/h7-10,12,15,18H,4-6,11H2,1-3H3,(H,17,19)/t12?,15-/m0/s1. The van der Waals surface area contributed by atoms with E-state index in [-0.39, 0.29) is 5.91 Å². The summed E-state index contributed by atoms with van der Waals surface area (Å²) in [6.07, 6.45) is 1.74. The molecule has 1 aromatic rings. The molecule has 1 rings (SSSR count). The second kappa shape index (κ2) is 8.59. The third kappa shape index (κ3) is 5.21. The highest BCUT2D eigenvalue weighted by Crippen LogP contribution is 2.20. The van der Waals surface area contributed by atoms with Crippen LogP contribution in [0, 0.1) is 0 Å². The number of ether oxygens (including phenoxy) is 1. The molecule has 20 heavy (non-hydrogen) atoms. The summed E-state index contributed by atoms with van der Waals surface area (Å²) in [6.45, 7) is 6.43. The molecule has 0 saturated heterocycles. The Kier molecular flexibility index (Phi) is 7.09. The number of benzene rings is 1. The lowest BCUT2D eigenvalue weighted by molar-refractivity contribution is -0.127. The van der Waals surface area contributed by atoms with Gasteiger partial charge in [-0.2, -0.15) is 0 Å². The van der Waals surface area contributed by atoms with Crippen molar-refractivity contribution in [2.45, 2.75) is 52.2 Å². The predicted octanol–water partition coefficient (Wildman–Crippen LogP) is 2.81. The summed E-state index contributed by atoms with van der Waals surface area (Å²) in [4.78, 5) is 11.8. The molecule has 0 saturated carbocycles. The molecule has 2 N–H and O–H groups in total. The zero-order chi connectivity index (χ0) is 15.0. The van der Waals surface area contributed by atoms with Crippen molar-refractivity contribution in [3.05, 3.63) is 29.8 Å². The van der Waals surface area contributed by atoms with Crippen molar-refractivity contribution >= 4 is 5.91 Å². The Morgan fingerprint density at radius 2 is 1.95 bits per heavy atom. The molecule has 2 atom stereocenters. The van der Waals surface area contributed by atoms with Crippen LogP contribution < -0.4 is 10.1 Å². The Labute approximate surface area is 121 Å². The van der Waals surface area contributed by atoms with E-state index in [9.17, 15) is 9.90 Å². The number of carbonyl (C=O) groups excluding carboxylic acids is 1. The number of carbonyl (C=O) groups is 1. The number of nitrogens with one attached hydrogen (secondary N) is 1. The second-order valence-electron chi connectivity index (χ2n) is 4.90. The van der Waals surface area contributed by atoms with E-state index < -0.39 is 12.2 Å². The molecule has 0 aliphatic carbocycles. The highest BCUT2D eigenvalue weighted by Gasteiger charge is 2.14. The first-order chi connectivity index (χ1) is 9.58. The lowest BCUT2D eigenvalue weighted by Gasteiger charge is -2.15. The van der Waals surface area contributed by atoms with E-state index in [1.807, 2.05) is 19.1 Å². The summed E-state index contributed by atoms with van der Waals surface area (Å²) < 4.78 is 5.58. The van der Waals surface area contributed by atoms with E-state index in [0.29, 0.717) is 18.7 Å². The van der Waals surface area contributed by atoms with Gasteiger partial charge in [0.25, 0.3) is 5.91 Å². The van der Waals surface area contributed by atoms with Crippen molar-refractivity contribution in [1.82, 2.24) is 5.32 Å². The summed E-state index contributed by atoms with van der Waals surface area (Å²) in [5, 5.41) is 12.5. The Hall–Kier alpha value is -1.55. The maximum atomic E-state index is 11.8. The zero-order valence-corrected chi connectivity index (χ0v) is 12.6. The van der Waals surface area contributed by atoms with Gasteiger partial charge < -0.3 is 15.2 Å². The van der Waals surface area contributed by atoms with E-state index in [1.165, 1.54) is 0 Å². The van der Waals surface area contributed by atoms with Crippen molar-refractivity contribution in [2.24, 2.45) is 0 Å². The third-order valence-corrected chi connectivity index (χ3v) is 3.16. The normalized spacial score (nSPS) is 13.6. The van der Waals surface area contributed by atoms with E-state index in [4.69, 9.17) is 4.74 Å². The zero-order valence-electron chi connectivity index (χ0n) is 12.6. The van der Waals surface area contributed by atoms with Crippen molar-refractivity contribution in [3.8, 4) is 5.75 Å². The lowest BCUT2D eigenvalue weighted by Crippen LogP contribution is -2.36. The van der Waals surface area contributed by atoms with Crippen molar-refractivity contribution in [1.29, 1.82) is 0 Å². The van der Waals surface area contributed by atoms with Crippen LogP contribution >= 0.6 is 0 Å². The average Bonchev–Trinajstić information content (AvgIpc) is 2.47. The van der Waals surface area contributed by atoms with Gasteiger partial charge in [0.15, 0.2) is 6.10 Å². The van der Waals surface area contributed by atoms with Crippen LogP contribution in [0.3, 0.4) is 0 Å². The molecule has 0 heterocycles. The van der Waals surface area contributed by atoms with Gasteiger partial charge in [0, 0.05) is 6.54 Å². The molecule has 4 nitrogen and oxygen atoms in total. The van der Waals surface area contributed by atoms with Crippen LogP contribution in [-0.2, 0) is 4.79 Å². The molecule has 0 bridgehead atoms. The molecular formula is C16H25NO3. The van der Waals surface area contributed by atoms with Gasteiger partial charge in [-0.05, 0) is 37.5 Å². The molecule has 1 unspecified atom stereocenters. The lowest BCUT2D eigenvalue weighted by atomic mass is 10.1. The summed E-state index contributed by atoms with van der Waals surface area (Å²) in [7, 11) is 0. The molecule has 0 aliphatic heterocycles. The molecular weight excluding hydrogens is 254 g/mol. The molecule has 0 fully saturated rings. The fourth-order valence-electron chi connectivity index (χ4n) is 1.79. The second-order valence-corrected chi connectivity index (χ2v) is 4.90. The van der Waals surface area contributed by atoms with Crippen LogP contribution in [0.5, 0.6) is 5.75 Å². The molecule has 112 valence electrons. The van der Waals surface area contributed by atoms with Gasteiger partial charge in [0.05, 0.1) is 6.10 Å². The van der Waals surface area contributed by atoms with Crippen LogP contribution in [0.4, 0.5) is 0 Å². The molecule has 4 heteroatoms. The number of rotatable bonds is 8. The quantitative estimate of drug-likeness (QED) is 0.719.